The summed E-state index contributed by atoms with van der Waals surface area (Å²) in [6.07, 6.45) is -2.94. The number of nitrogens with zero attached hydrogens (tertiary/aromatic N) is 2. The second-order valence-corrected chi connectivity index (χ2v) is 4.99. The van der Waals surface area contributed by atoms with Crippen LogP contribution in [0.5, 0.6) is 0 Å². The van der Waals surface area contributed by atoms with Gasteiger partial charge in [0.2, 0.25) is 0 Å². The molecule has 1 aromatic heterocycles. The maximum absolute atomic E-state index is 12.9. The Hall–Kier alpha value is -2.11. The Kier molecular flexibility index (Phi) is 4.45. The molecule has 1 aromatic carbocycles. The third-order valence-electron chi connectivity index (χ3n) is 3.06. The molecular formula is C15H16F3N3. The van der Waals surface area contributed by atoms with E-state index in [-0.39, 0.29) is 18.0 Å². The first kappa shape index (κ1) is 15.3. The summed E-state index contributed by atoms with van der Waals surface area (Å²) in [6.45, 7) is 4.04. The minimum absolute atomic E-state index is 0.0598. The normalized spacial score (nSPS) is 11.7. The zero-order valence-electron chi connectivity index (χ0n) is 11.8. The van der Waals surface area contributed by atoms with Crippen molar-refractivity contribution in [3.63, 3.8) is 0 Å². The van der Waals surface area contributed by atoms with Gasteiger partial charge in [0.25, 0.3) is 0 Å². The van der Waals surface area contributed by atoms with E-state index in [2.05, 4.69) is 15.3 Å². The fraction of sp³-hybridized carbons (Fsp3) is 0.333. The number of aromatic nitrogens is 2. The van der Waals surface area contributed by atoms with Gasteiger partial charge in [-0.2, -0.15) is 13.2 Å². The average molecular weight is 295 g/mol. The molecule has 0 amide bonds. The molecule has 0 aliphatic rings. The van der Waals surface area contributed by atoms with E-state index in [1.54, 1.807) is 12.1 Å². The third-order valence-corrected chi connectivity index (χ3v) is 3.06. The van der Waals surface area contributed by atoms with Gasteiger partial charge < -0.3 is 5.32 Å². The summed E-state index contributed by atoms with van der Waals surface area (Å²) in [5.74, 6) is 0.752. The van der Waals surface area contributed by atoms with Gasteiger partial charge in [-0.1, -0.05) is 32.0 Å². The summed E-state index contributed by atoms with van der Waals surface area (Å²) in [4.78, 5) is 8.14. The van der Waals surface area contributed by atoms with Crippen LogP contribution in [0.2, 0.25) is 0 Å². The van der Waals surface area contributed by atoms with Crippen LogP contribution in [0.4, 0.5) is 19.0 Å². The number of alkyl halides is 3. The van der Waals surface area contributed by atoms with Crippen LogP contribution >= 0.6 is 0 Å². The summed E-state index contributed by atoms with van der Waals surface area (Å²) >= 11 is 0. The molecule has 21 heavy (non-hydrogen) atoms. The van der Waals surface area contributed by atoms with E-state index in [9.17, 15) is 13.2 Å². The zero-order chi connectivity index (χ0) is 15.5. The Balaban J connectivity index is 2.16. The summed E-state index contributed by atoms with van der Waals surface area (Å²) in [6, 6.07) is 7.26. The number of hydrogen-bond donors (Lipinski definition) is 1. The van der Waals surface area contributed by atoms with Crippen molar-refractivity contribution in [1.29, 1.82) is 0 Å². The Labute approximate surface area is 121 Å². The highest BCUT2D eigenvalue weighted by atomic mass is 19.4. The van der Waals surface area contributed by atoms with Gasteiger partial charge in [0.05, 0.1) is 5.56 Å². The monoisotopic (exact) mass is 295 g/mol. The highest BCUT2D eigenvalue weighted by molar-refractivity contribution is 5.39. The quantitative estimate of drug-likeness (QED) is 0.917. The lowest BCUT2D eigenvalue weighted by Gasteiger charge is -2.14. The van der Waals surface area contributed by atoms with E-state index < -0.39 is 11.7 Å². The van der Waals surface area contributed by atoms with Crippen molar-refractivity contribution in [2.45, 2.75) is 32.5 Å². The molecule has 2 rings (SSSR count). The van der Waals surface area contributed by atoms with Crippen LogP contribution in [0.3, 0.4) is 0 Å². The van der Waals surface area contributed by atoms with Gasteiger partial charge in [-0.3, -0.25) is 0 Å². The molecule has 0 aliphatic heterocycles. The van der Waals surface area contributed by atoms with Gasteiger partial charge in [0, 0.05) is 18.3 Å². The highest BCUT2D eigenvalue weighted by Gasteiger charge is 2.32. The van der Waals surface area contributed by atoms with E-state index in [0.717, 1.165) is 11.8 Å². The van der Waals surface area contributed by atoms with Crippen molar-refractivity contribution in [3.8, 4) is 0 Å². The predicted octanol–water partition coefficient (Wildman–Crippen LogP) is 4.23. The standard InChI is InChI=1S/C15H16F3N3/c1-10(2)13-7-14(21-9-20-13)19-8-11-5-3-4-6-12(11)15(16,17)18/h3-7,9-10H,8H2,1-2H3,(H,19,20,21). The molecule has 112 valence electrons. The van der Waals surface area contributed by atoms with Crippen LogP contribution in [0.25, 0.3) is 0 Å². The summed E-state index contributed by atoms with van der Waals surface area (Å²) in [7, 11) is 0. The topological polar surface area (TPSA) is 37.8 Å². The smallest absolute Gasteiger partial charge is 0.366 e. The van der Waals surface area contributed by atoms with Crippen molar-refractivity contribution >= 4 is 5.82 Å². The molecule has 0 unspecified atom stereocenters. The lowest BCUT2D eigenvalue weighted by Crippen LogP contribution is -2.12. The molecule has 0 spiro atoms. The predicted molar refractivity (Wildman–Crippen MR) is 74.9 cm³/mol. The van der Waals surface area contributed by atoms with Crippen molar-refractivity contribution in [2.24, 2.45) is 0 Å². The first-order valence-electron chi connectivity index (χ1n) is 6.59. The molecule has 0 saturated heterocycles. The van der Waals surface area contributed by atoms with Crippen LogP contribution in [-0.4, -0.2) is 9.97 Å². The largest absolute Gasteiger partial charge is 0.416 e. The molecule has 0 aliphatic carbocycles. The van der Waals surface area contributed by atoms with Gasteiger partial charge >= 0.3 is 6.18 Å². The van der Waals surface area contributed by atoms with Crippen LogP contribution < -0.4 is 5.32 Å². The van der Waals surface area contributed by atoms with Crippen LogP contribution in [-0.2, 0) is 12.7 Å². The highest BCUT2D eigenvalue weighted by Crippen LogP contribution is 2.32. The van der Waals surface area contributed by atoms with E-state index in [1.807, 2.05) is 13.8 Å². The lowest BCUT2D eigenvalue weighted by atomic mass is 10.1. The molecule has 1 N–H and O–H groups in total. The van der Waals surface area contributed by atoms with Gasteiger partial charge in [-0.25, -0.2) is 9.97 Å². The summed E-state index contributed by atoms with van der Waals surface area (Å²) in [5.41, 5.74) is 0.405. The molecule has 0 atom stereocenters. The number of anilines is 1. The van der Waals surface area contributed by atoms with Crippen LogP contribution in [0.15, 0.2) is 36.7 Å². The lowest BCUT2D eigenvalue weighted by molar-refractivity contribution is -0.138. The summed E-state index contributed by atoms with van der Waals surface area (Å²) < 4.78 is 38.7. The van der Waals surface area contributed by atoms with E-state index in [0.29, 0.717) is 5.82 Å². The van der Waals surface area contributed by atoms with Crippen molar-refractivity contribution in [3.05, 3.63) is 53.5 Å². The van der Waals surface area contributed by atoms with E-state index in [4.69, 9.17) is 0 Å². The number of rotatable bonds is 4. The fourth-order valence-corrected chi connectivity index (χ4v) is 1.92. The van der Waals surface area contributed by atoms with Gasteiger partial charge in [0.1, 0.15) is 12.1 Å². The molecular weight excluding hydrogens is 279 g/mol. The minimum Gasteiger partial charge on any atom is -0.366 e. The van der Waals surface area contributed by atoms with Crippen molar-refractivity contribution < 1.29 is 13.2 Å². The van der Waals surface area contributed by atoms with Crippen molar-refractivity contribution in [1.82, 2.24) is 9.97 Å². The second-order valence-electron chi connectivity index (χ2n) is 4.99. The first-order valence-corrected chi connectivity index (χ1v) is 6.59. The Morgan fingerprint density at radius 2 is 1.86 bits per heavy atom. The van der Waals surface area contributed by atoms with Gasteiger partial charge in [-0.05, 0) is 17.5 Å². The van der Waals surface area contributed by atoms with Crippen LogP contribution in [0.1, 0.15) is 36.6 Å². The van der Waals surface area contributed by atoms with Gasteiger partial charge in [0.15, 0.2) is 0 Å². The SMILES string of the molecule is CC(C)c1cc(NCc2ccccc2C(F)(F)F)ncn1. The molecule has 0 fully saturated rings. The molecule has 3 nitrogen and oxygen atoms in total. The van der Waals surface area contributed by atoms with Crippen LogP contribution in [0, 0.1) is 0 Å². The second kappa shape index (κ2) is 6.11. The first-order chi connectivity index (χ1) is 9.88. The number of nitrogens with one attached hydrogen (secondary N) is 1. The minimum atomic E-state index is -4.35. The molecule has 0 saturated carbocycles. The van der Waals surface area contributed by atoms with E-state index in [1.165, 1.54) is 18.5 Å². The Morgan fingerprint density at radius 3 is 2.52 bits per heavy atom. The number of hydrogen-bond acceptors (Lipinski definition) is 3. The number of halogens is 3. The Bertz CT molecular complexity index is 609. The summed E-state index contributed by atoms with van der Waals surface area (Å²) in [5, 5.41) is 2.92. The zero-order valence-corrected chi connectivity index (χ0v) is 11.8. The number of benzene rings is 1. The molecule has 6 heteroatoms. The molecule has 2 aromatic rings. The molecule has 0 bridgehead atoms. The van der Waals surface area contributed by atoms with Gasteiger partial charge in [-0.15, -0.1) is 0 Å². The van der Waals surface area contributed by atoms with E-state index >= 15 is 0 Å². The van der Waals surface area contributed by atoms with Crippen molar-refractivity contribution in [2.75, 3.05) is 5.32 Å². The fourth-order valence-electron chi connectivity index (χ4n) is 1.92. The molecule has 0 radical (unpaired) electrons. The third kappa shape index (κ3) is 3.93. The average Bonchev–Trinajstić information content (AvgIpc) is 2.45. The maximum Gasteiger partial charge on any atom is 0.416 e. The Morgan fingerprint density at radius 1 is 1.14 bits per heavy atom. The maximum atomic E-state index is 12.9. The molecule has 1 heterocycles.